The first kappa shape index (κ1) is 22.2. The number of amides is 2. The second-order valence-electron chi connectivity index (χ2n) is 7.10. The van der Waals surface area contributed by atoms with Gasteiger partial charge in [0.05, 0.1) is 11.3 Å². The van der Waals surface area contributed by atoms with Gasteiger partial charge in [-0.15, -0.1) is 11.8 Å². The number of nitrogens with zero attached hydrogens (tertiary/aromatic N) is 1. The third kappa shape index (κ3) is 5.36. The molecule has 1 atom stereocenters. The Hall–Kier alpha value is -2.48. The number of carbonyl (C=O) groups excluding carboxylic acids is 2. The molecule has 1 fully saturated rings. The fourth-order valence-electron chi connectivity index (χ4n) is 3.29. The summed E-state index contributed by atoms with van der Waals surface area (Å²) < 4.78 is 38.5. The van der Waals surface area contributed by atoms with Crippen LogP contribution in [0.4, 0.5) is 24.5 Å². The molecule has 2 aromatic rings. The van der Waals surface area contributed by atoms with E-state index in [0.717, 1.165) is 37.0 Å². The average molecular weight is 436 g/mol. The highest BCUT2D eigenvalue weighted by atomic mass is 32.2. The average Bonchev–Trinajstić information content (AvgIpc) is 3.09. The van der Waals surface area contributed by atoms with Crippen LogP contribution >= 0.6 is 11.8 Å². The Labute approximate surface area is 177 Å². The fourth-order valence-corrected chi connectivity index (χ4v) is 4.46. The molecule has 1 aliphatic heterocycles. The molecule has 8 heteroatoms. The summed E-state index contributed by atoms with van der Waals surface area (Å²) in [5.74, 6) is 0.00773. The summed E-state index contributed by atoms with van der Waals surface area (Å²) >= 11 is 1.40. The molecule has 0 spiro atoms. The van der Waals surface area contributed by atoms with Gasteiger partial charge in [-0.2, -0.15) is 13.2 Å². The second kappa shape index (κ2) is 9.55. The molecular formula is C22H23F3N2O2S. The van der Waals surface area contributed by atoms with E-state index in [1.54, 1.807) is 12.1 Å². The predicted molar refractivity (Wildman–Crippen MR) is 113 cm³/mol. The Morgan fingerprint density at radius 1 is 1.17 bits per heavy atom. The number of carbonyl (C=O) groups is 2. The number of thioether (sulfide) groups is 1. The van der Waals surface area contributed by atoms with Crippen molar-refractivity contribution < 1.29 is 22.8 Å². The Bertz CT molecular complexity index is 900. The van der Waals surface area contributed by atoms with Gasteiger partial charge in [-0.05, 0) is 48.4 Å². The number of benzene rings is 2. The molecule has 2 amide bonds. The van der Waals surface area contributed by atoms with Crippen LogP contribution in [0.3, 0.4) is 0 Å². The molecule has 160 valence electrons. The number of unbranched alkanes of at least 4 members (excludes halogenated alkanes) is 2. The molecule has 0 aromatic heterocycles. The van der Waals surface area contributed by atoms with Gasteiger partial charge in [-0.1, -0.05) is 31.9 Å². The van der Waals surface area contributed by atoms with Crippen molar-refractivity contribution in [3.8, 4) is 0 Å². The van der Waals surface area contributed by atoms with Gasteiger partial charge in [0.15, 0.2) is 0 Å². The van der Waals surface area contributed by atoms with Crippen LogP contribution < -0.4 is 10.2 Å². The summed E-state index contributed by atoms with van der Waals surface area (Å²) in [6.07, 6.45) is -1.11. The third-order valence-electron chi connectivity index (χ3n) is 4.80. The third-order valence-corrected chi connectivity index (χ3v) is 6.02. The van der Waals surface area contributed by atoms with Crippen LogP contribution in [0.2, 0.25) is 0 Å². The minimum atomic E-state index is -4.43. The summed E-state index contributed by atoms with van der Waals surface area (Å²) in [4.78, 5) is 26.1. The van der Waals surface area contributed by atoms with E-state index in [4.69, 9.17) is 0 Å². The van der Waals surface area contributed by atoms with Crippen LogP contribution in [0.1, 0.15) is 49.1 Å². The first-order valence-corrected chi connectivity index (χ1v) is 10.8. The van der Waals surface area contributed by atoms with Gasteiger partial charge in [0, 0.05) is 17.8 Å². The van der Waals surface area contributed by atoms with Crippen molar-refractivity contribution in [3.05, 3.63) is 59.7 Å². The molecule has 3 rings (SSSR count). The standard InChI is InChI=1S/C22H23F3N2O2S/c1-2-3-4-8-19(28)26-17-7-5-6-15(13-17)21-27(20(29)14-30-21)18-11-9-16(10-12-18)22(23,24)25/h5-7,9-13,21H,2-4,8,14H2,1H3,(H,26,28)/t21-/m1/s1. The van der Waals surface area contributed by atoms with E-state index in [1.807, 2.05) is 12.1 Å². The van der Waals surface area contributed by atoms with E-state index >= 15 is 0 Å². The highest BCUT2D eigenvalue weighted by Gasteiger charge is 2.35. The van der Waals surface area contributed by atoms with Gasteiger partial charge < -0.3 is 5.32 Å². The number of nitrogens with one attached hydrogen (secondary N) is 1. The van der Waals surface area contributed by atoms with E-state index in [2.05, 4.69) is 12.2 Å². The molecule has 2 aromatic carbocycles. The minimum Gasteiger partial charge on any atom is -0.326 e. The van der Waals surface area contributed by atoms with Crippen LogP contribution in [0.25, 0.3) is 0 Å². The van der Waals surface area contributed by atoms with Gasteiger partial charge in [0.1, 0.15) is 5.37 Å². The molecular weight excluding hydrogens is 413 g/mol. The molecule has 4 nitrogen and oxygen atoms in total. The monoisotopic (exact) mass is 436 g/mol. The molecule has 0 saturated carbocycles. The molecule has 30 heavy (non-hydrogen) atoms. The molecule has 0 radical (unpaired) electrons. The van der Waals surface area contributed by atoms with Crippen LogP contribution in [-0.2, 0) is 15.8 Å². The number of rotatable bonds is 7. The number of hydrogen-bond acceptors (Lipinski definition) is 3. The van der Waals surface area contributed by atoms with Crippen LogP contribution in [0.5, 0.6) is 0 Å². The lowest BCUT2D eigenvalue weighted by atomic mass is 10.1. The van der Waals surface area contributed by atoms with Gasteiger partial charge in [-0.3, -0.25) is 14.5 Å². The second-order valence-corrected chi connectivity index (χ2v) is 8.17. The summed E-state index contributed by atoms with van der Waals surface area (Å²) in [5.41, 5.74) is 1.10. The van der Waals surface area contributed by atoms with Crippen LogP contribution in [-0.4, -0.2) is 17.6 Å². The summed E-state index contributed by atoms with van der Waals surface area (Å²) in [7, 11) is 0. The lowest BCUT2D eigenvalue weighted by Gasteiger charge is -2.25. The van der Waals surface area contributed by atoms with Crippen molar-refractivity contribution in [3.63, 3.8) is 0 Å². The van der Waals surface area contributed by atoms with Crippen molar-refractivity contribution in [2.24, 2.45) is 0 Å². The van der Waals surface area contributed by atoms with E-state index < -0.39 is 11.7 Å². The van der Waals surface area contributed by atoms with Gasteiger partial charge in [0.25, 0.3) is 0 Å². The van der Waals surface area contributed by atoms with E-state index in [1.165, 1.54) is 28.8 Å². The summed E-state index contributed by atoms with van der Waals surface area (Å²) in [5, 5.41) is 2.51. The zero-order valence-corrected chi connectivity index (χ0v) is 17.4. The lowest BCUT2D eigenvalue weighted by Crippen LogP contribution is -2.28. The van der Waals surface area contributed by atoms with Crippen molar-refractivity contribution >= 4 is 35.0 Å². The van der Waals surface area contributed by atoms with Crippen molar-refractivity contribution in [2.45, 2.75) is 44.2 Å². The Morgan fingerprint density at radius 2 is 1.90 bits per heavy atom. The first-order chi connectivity index (χ1) is 14.3. The molecule has 0 unspecified atom stereocenters. The van der Waals surface area contributed by atoms with Gasteiger partial charge in [0.2, 0.25) is 11.8 Å². The summed E-state index contributed by atoms with van der Waals surface area (Å²) in [6.45, 7) is 2.07. The van der Waals surface area contributed by atoms with Crippen LogP contribution in [0.15, 0.2) is 48.5 Å². The SMILES string of the molecule is CCCCCC(=O)Nc1cccc([C@H]2SCC(=O)N2c2ccc(C(F)(F)F)cc2)c1. The number of hydrogen-bond donors (Lipinski definition) is 1. The first-order valence-electron chi connectivity index (χ1n) is 9.80. The lowest BCUT2D eigenvalue weighted by molar-refractivity contribution is -0.137. The molecule has 1 heterocycles. The Balaban J connectivity index is 1.77. The normalized spacial score (nSPS) is 16.7. The largest absolute Gasteiger partial charge is 0.416 e. The van der Waals surface area contributed by atoms with Gasteiger partial charge >= 0.3 is 6.18 Å². The molecule has 1 aliphatic rings. The molecule has 1 N–H and O–H groups in total. The zero-order chi connectivity index (χ0) is 21.7. The van der Waals surface area contributed by atoms with Gasteiger partial charge in [-0.25, -0.2) is 0 Å². The zero-order valence-electron chi connectivity index (χ0n) is 16.5. The molecule has 1 saturated heterocycles. The maximum atomic E-state index is 12.8. The minimum absolute atomic E-state index is 0.0599. The predicted octanol–water partition coefficient (Wildman–Crippen LogP) is 6.00. The van der Waals surface area contributed by atoms with E-state index in [0.29, 0.717) is 17.8 Å². The van der Waals surface area contributed by atoms with Crippen molar-refractivity contribution in [1.29, 1.82) is 0 Å². The van der Waals surface area contributed by atoms with E-state index in [-0.39, 0.29) is 22.9 Å². The number of halogens is 3. The van der Waals surface area contributed by atoms with Crippen molar-refractivity contribution in [1.82, 2.24) is 0 Å². The summed E-state index contributed by atoms with van der Waals surface area (Å²) in [6, 6.07) is 11.8. The molecule has 0 bridgehead atoms. The quantitative estimate of drug-likeness (QED) is 0.542. The topological polar surface area (TPSA) is 49.4 Å². The van der Waals surface area contributed by atoms with E-state index in [9.17, 15) is 22.8 Å². The van der Waals surface area contributed by atoms with Crippen LogP contribution in [0, 0.1) is 0 Å². The number of anilines is 2. The number of alkyl halides is 3. The highest BCUT2D eigenvalue weighted by molar-refractivity contribution is 8.00. The fraction of sp³-hybridized carbons (Fsp3) is 0.364. The Morgan fingerprint density at radius 3 is 2.57 bits per heavy atom. The maximum absolute atomic E-state index is 12.8. The Kier molecular flexibility index (Phi) is 7.07. The smallest absolute Gasteiger partial charge is 0.326 e. The van der Waals surface area contributed by atoms with Crippen molar-refractivity contribution in [2.75, 3.05) is 16.0 Å². The molecule has 0 aliphatic carbocycles. The highest BCUT2D eigenvalue weighted by Crippen LogP contribution is 2.43. The maximum Gasteiger partial charge on any atom is 0.416 e.